The Morgan fingerprint density at radius 2 is 1.97 bits per heavy atom. The van der Waals surface area contributed by atoms with Crippen LogP contribution in [-0.2, 0) is 6.42 Å². The highest BCUT2D eigenvalue weighted by Gasteiger charge is 2.17. The van der Waals surface area contributed by atoms with Crippen LogP contribution in [0, 0.1) is 6.92 Å². The molecule has 0 unspecified atom stereocenters. The molecular formula is C23H17Cl2N5O2S. The van der Waals surface area contributed by atoms with Crippen LogP contribution in [0.5, 0.6) is 0 Å². The molecular weight excluding hydrogens is 481 g/mol. The van der Waals surface area contributed by atoms with Gasteiger partial charge in [-0.2, -0.15) is 9.61 Å². The van der Waals surface area contributed by atoms with Gasteiger partial charge in [0, 0.05) is 28.3 Å². The summed E-state index contributed by atoms with van der Waals surface area (Å²) >= 11 is 13.7. The SMILES string of the molecule is CCc1nnc2sc(-c3ccc(C)c(NC(=O)c4ccc(-c5ccc(Cl)cc5Cl)o4)c3)nn12. The van der Waals surface area contributed by atoms with Crippen molar-refractivity contribution in [3.05, 3.63) is 75.7 Å². The molecule has 0 aliphatic rings. The fourth-order valence-corrected chi connectivity index (χ4v) is 4.72. The van der Waals surface area contributed by atoms with Crippen LogP contribution >= 0.6 is 34.5 Å². The van der Waals surface area contributed by atoms with Crippen molar-refractivity contribution in [2.75, 3.05) is 5.32 Å². The number of nitrogens with one attached hydrogen (secondary N) is 1. The Bertz CT molecular complexity index is 1500. The van der Waals surface area contributed by atoms with Crippen LogP contribution in [0.25, 0.3) is 26.9 Å². The molecule has 5 aromatic rings. The Labute approximate surface area is 203 Å². The van der Waals surface area contributed by atoms with Crippen molar-refractivity contribution in [1.82, 2.24) is 19.8 Å². The van der Waals surface area contributed by atoms with E-state index in [0.717, 1.165) is 33.3 Å². The summed E-state index contributed by atoms with van der Waals surface area (Å²) in [7, 11) is 0. The average molecular weight is 498 g/mol. The summed E-state index contributed by atoms with van der Waals surface area (Å²) in [6, 6.07) is 14.2. The summed E-state index contributed by atoms with van der Waals surface area (Å²) in [5.41, 5.74) is 3.12. The first kappa shape index (κ1) is 21.6. The smallest absolute Gasteiger partial charge is 0.291 e. The summed E-state index contributed by atoms with van der Waals surface area (Å²) in [5.74, 6) is 1.10. The van der Waals surface area contributed by atoms with E-state index in [0.29, 0.717) is 27.1 Å². The van der Waals surface area contributed by atoms with Crippen molar-refractivity contribution in [3.63, 3.8) is 0 Å². The van der Waals surface area contributed by atoms with E-state index >= 15 is 0 Å². The van der Waals surface area contributed by atoms with Gasteiger partial charge in [-0.05, 0) is 48.9 Å². The molecule has 0 aliphatic carbocycles. The average Bonchev–Trinajstić information content (AvgIpc) is 3.51. The molecule has 0 fully saturated rings. The molecule has 0 saturated carbocycles. The number of hydrogen-bond acceptors (Lipinski definition) is 6. The van der Waals surface area contributed by atoms with Gasteiger partial charge in [-0.15, -0.1) is 10.2 Å². The largest absolute Gasteiger partial charge is 0.451 e. The van der Waals surface area contributed by atoms with E-state index in [1.165, 1.54) is 11.3 Å². The summed E-state index contributed by atoms with van der Waals surface area (Å²) in [5, 5.41) is 17.6. The van der Waals surface area contributed by atoms with Crippen LogP contribution in [-0.4, -0.2) is 25.7 Å². The van der Waals surface area contributed by atoms with Gasteiger partial charge in [0.05, 0.1) is 5.02 Å². The molecule has 0 bridgehead atoms. The van der Waals surface area contributed by atoms with E-state index in [9.17, 15) is 4.79 Å². The van der Waals surface area contributed by atoms with Crippen molar-refractivity contribution < 1.29 is 9.21 Å². The quantitative estimate of drug-likeness (QED) is 0.297. The van der Waals surface area contributed by atoms with Crippen LogP contribution < -0.4 is 5.32 Å². The van der Waals surface area contributed by atoms with Gasteiger partial charge in [0.15, 0.2) is 11.6 Å². The van der Waals surface area contributed by atoms with Gasteiger partial charge < -0.3 is 9.73 Å². The number of rotatable bonds is 5. The molecule has 2 aromatic carbocycles. The molecule has 0 spiro atoms. The zero-order chi connectivity index (χ0) is 23.1. The second-order valence-electron chi connectivity index (χ2n) is 7.34. The third kappa shape index (κ3) is 4.13. The minimum atomic E-state index is -0.363. The molecule has 0 atom stereocenters. The van der Waals surface area contributed by atoms with Crippen molar-refractivity contribution in [2.24, 2.45) is 0 Å². The number of carbonyl (C=O) groups is 1. The Morgan fingerprint density at radius 1 is 1.12 bits per heavy atom. The first-order valence-corrected chi connectivity index (χ1v) is 11.7. The lowest BCUT2D eigenvalue weighted by Gasteiger charge is -2.09. The Morgan fingerprint density at radius 3 is 2.76 bits per heavy atom. The first-order chi connectivity index (χ1) is 15.9. The first-order valence-electron chi connectivity index (χ1n) is 10.1. The van der Waals surface area contributed by atoms with Gasteiger partial charge in [0.1, 0.15) is 10.8 Å². The molecule has 166 valence electrons. The van der Waals surface area contributed by atoms with E-state index < -0.39 is 0 Å². The maximum absolute atomic E-state index is 12.9. The number of nitrogens with zero attached hydrogens (tertiary/aromatic N) is 4. The van der Waals surface area contributed by atoms with Gasteiger partial charge in [0.25, 0.3) is 5.91 Å². The van der Waals surface area contributed by atoms with Gasteiger partial charge in [-0.1, -0.05) is 53.6 Å². The second-order valence-corrected chi connectivity index (χ2v) is 9.14. The monoisotopic (exact) mass is 497 g/mol. The molecule has 5 rings (SSSR count). The van der Waals surface area contributed by atoms with Crippen molar-refractivity contribution in [1.29, 1.82) is 0 Å². The fourth-order valence-electron chi connectivity index (χ4n) is 3.36. The van der Waals surface area contributed by atoms with Crippen molar-refractivity contribution in [3.8, 4) is 21.9 Å². The molecule has 0 saturated heterocycles. The minimum Gasteiger partial charge on any atom is -0.451 e. The number of halogens is 2. The van der Waals surface area contributed by atoms with Crippen LogP contribution in [0.15, 0.2) is 52.9 Å². The van der Waals surface area contributed by atoms with E-state index in [4.69, 9.17) is 27.6 Å². The normalized spacial score (nSPS) is 11.3. The third-order valence-electron chi connectivity index (χ3n) is 5.13. The lowest BCUT2D eigenvalue weighted by atomic mass is 10.1. The highest BCUT2D eigenvalue weighted by molar-refractivity contribution is 7.19. The number of fused-ring (bicyclic) bond motifs is 1. The molecule has 3 heterocycles. The standard InChI is InChI=1S/C23H17Cl2N5O2S/c1-3-20-27-28-23-30(20)29-22(33-23)13-5-4-12(2)17(10-13)26-21(31)19-9-8-18(32-19)15-7-6-14(24)11-16(15)25/h4-11H,3H2,1-2H3,(H,26,31). The topological polar surface area (TPSA) is 85.3 Å². The number of carbonyl (C=O) groups excluding carboxylic acids is 1. The number of aryl methyl sites for hydroxylation is 2. The van der Waals surface area contributed by atoms with E-state index in [1.54, 1.807) is 34.8 Å². The predicted octanol–water partition coefficient (Wildman–Crippen LogP) is 6.54. The van der Waals surface area contributed by atoms with Crippen LogP contribution in [0.2, 0.25) is 10.0 Å². The molecule has 0 aliphatic heterocycles. The van der Waals surface area contributed by atoms with Crippen molar-refractivity contribution >= 4 is 51.1 Å². The van der Waals surface area contributed by atoms with E-state index in [2.05, 4.69) is 20.6 Å². The van der Waals surface area contributed by atoms with Crippen molar-refractivity contribution in [2.45, 2.75) is 20.3 Å². The highest BCUT2D eigenvalue weighted by atomic mass is 35.5. The van der Waals surface area contributed by atoms with Crippen LogP contribution in [0.3, 0.4) is 0 Å². The number of hydrogen-bond donors (Lipinski definition) is 1. The Balaban J connectivity index is 1.40. The maximum atomic E-state index is 12.9. The minimum absolute atomic E-state index is 0.173. The summed E-state index contributed by atoms with van der Waals surface area (Å²) in [6.45, 7) is 3.93. The number of anilines is 1. The van der Waals surface area contributed by atoms with Gasteiger partial charge >= 0.3 is 0 Å². The molecule has 1 N–H and O–H groups in total. The predicted molar refractivity (Wildman–Crippen MR) is 130 cm³/mol. The van der Waals surface area contributed by atoms with Crippen LogP contribution in [0.4, 0.5) is 5.69 Å². The lowest BCUT2D eigenvalue weighted by Crippen LogP contribution is -2.11. The highest BCUT2D eigenvalue weighted by Crippen LogP contribution is 2.32. The number of aromatic nitrogens is 4. The zero-order valence-electron chi connectivity index (χ0n) is 17.6. The fraction of sp³-hybridized carbons (Fsp3) is 0.130. The summed E-state index contributed by atoms with van der Waals surface area (Å²) in [6.07, 6.45) is 0.742. The summed E-state index contributed by atoms with van der Waals surface area (Å²) in [4.78, 5) is 13.6. The number of furan rings is 1. The van der Waals surface area contributed by atoms with Gasteiger partial charge in [-0.25, -0.2) is 0 Å². The Kier molecular flexibility index (Phi) is 5.65. The third-order valence-corrected chi connectivity index (χ3v) is 6.63. The van der Waals surface area contributed by atoms with Gasteiger partial charge in [0.2, 0.25) is 4.96 Å². The number of amides is 1. The van der Waals surface area contributed by atoms with E-state index in [-0.39, 0.29) is 11.7 Å². The molecule has 10 heteroatoms. The van der Waals surface area contributed by atoms with E-state index in [1.807, 2.05) is 32.0 Å². The van der Waals surface area contributed by atoms with Gasteiger partial charge in [-0.3, -0.25) is 4.79 Å². The molecule has 1 amide bonds. The van der Waals surface area contributed by atoms with Crippen LogP contribution in [0.1, 0.15) is 28.9 Å². The molecule has 0 radical (unpaired) electrons. The number of benzene rings is 2. The summed E-state index contributed by atoms with van der Waals surface area (Å²) < 4.78 is 7.52. The lowest BCUT2D eigenvalue weighted by molar-refractivity contribution is 0.0997. The molecule has 33 heavy (non-hydrogen) atoms. The maximum Gasteiger partial charge on any atom is 0.291 e. The zero-order valence-corrected chi connectivity index (χ0v) is 19.9. The molecule has 7 nitrogen and oxygen atoms in total. The molecule has 3 aromatic heterocycles. The Hall–Kier alpha value is -3.20. The second kappa shape index (κ2) is 8.62.